The van der Waals surface area contributed by atoms with E-state index in [-0.39, 0.29) is 24.4 Å². The lowest BCUT2D eigenvalue weighted by Gasteiger charge is -2.49. The van der Waals surface area contributed by atoms with Crippen LogP contribution < -0.4 is 0 Å². The van der Waals surface area contributed by atoms with E-state index in [1.165, 1.54) is 21.0 Å². The highest BCUT2D eigenvalue weighted by Crippen LogP contribution is 2.36. The number of hydrogen-bond donors (Lipinski definition) is 1. The van der Waals surface area contributed by atoms with Crippen LogP contribution in [0.25, 0.3) is 0 Å². The fraction of sp³-hybridized carbons (Fsp3) is 0.588. The second kappa shape index (κ2) is 17.3. The molecule has 280 valence electrons. The number of rotatable bonds is 13. The summed E-state index contributed by atoms with van der Waals surface area (Å²) in [4.78, 5) is 76.1. The molecule has 1 aromatic rings. The summed E-state index contributed by atoms with van der Waals surface area (Å²) in [6.07, 6.45) is -13.5. The number of amides is 2. The second-order valence-corrected chi connectivity index (χ2v) is 12.2. The summed E-state index contributed by atoms with van der Waals surface area (Å²) in [7, 11) is 1.27. The normalized spacial score (nSPS) is 30.9. The molecule has 0 bridgehead atoms. The summed E-state index contributed by atoms with van der Waals surface area (Å²) in [6.45, 7) is 6.65. The fourth-order valence-corrected chi connectivity index (χ4v) is 6.04. The van der Waals surface area contributed by atoms with Gasteiger partial charge in [0, 0.05) is 46.0 Å². The molecular formula is C34H43NO16. The summed E-state index contributed by atoms with van der Waals surface area (Å²) in [5.41, 5.74) is 1.14. The Morgan fingerprint density at radius 1 is 0.725 bits per heavy atom. The van der Waals surface area contributed by atoms with Gasteiger partial charge in [-0.1, -0.05) is 30.3 Å². The number of aliphatic hydroxyl groups is 1. The van der Waals surface area contributed by atoms with Gasteiger partial charge in [0.25, 0.3) is 11.8 Å². The van der Waals surface area contributed by atoms with Gasteiger partial charge in [-0.25, -0.2) is 0 Å². The average Bonchev–Trinajstić information content (AvgIpc) is 3.25. The first-order chi connectivity index (χ1) is 24.1. The van der Waals surface area contributed by atoms with Gasteiger partial charge in [-0.15, -0.1) is 0 Å². The van der Waals surface area contributed by atoms with Crippen molar-refractivity contribution in [1.82, 2.24) is 4.90 Å². The Kier molecular flexibility index (Phi) is 13.4. The van der Waals surface area contributed by atoms with Crippen LogP contribution in [0.4, 0.5) is 0 Å². The smallest absolute Gasteiger partial charge is 0.303 e. The number of carbonyl (C=O) groups is 6. The van der Waals surface area contributed by atoms with E-state index in [1.807, 2.05) is 30.3 Å². The molecule has 2 amide bonds. The molecule has 1 aromatic carbocycles. The average molecular weight is 722 g/mol. The van der Waals surface area contributed by atoms with Crippen LogP contribution in [0.15, 0.2) is 41.5 Å². The van der Waals surface area contributed by atoms with Crippen LogP contribution >= 0.6 is 0 Å². The molecule has 0 unspecified atom stereocenters. The van der Waals surface area contributed by atoms with Crippen LogP contribution in [0.5, 0.6) is 0 Å². The first-order valence-corrected chi connectivity index (χ1v) is 16.1. The van der Waals surface area contributed by atoms with Gasteiger partial charge in [-0.3, -0.25) is 33.7 Å². The van der Waals surface area contributed by atoms with E-state index >= 15 is 0 Å². The lowest BCUT2D eigenvalue weighted by molar-refractivity contribution is -0.352. The Hall–Kier alpha value is -4.26. The molecule has 51 heavy (non-hydrogen) atoms. The van der Waals surface area contributed by atoms with Crippen molar-refractivity contribution in [2.75, 3.05) is 20.3 Å². The molecule has 3 aliphatic rings. The molecule has 10 atom stereocenters. The zero-order valence-corrected chi connectivity index (χ0v) is 29.3. The summed E-state index contributed by atoms with van der Waals surface area (Å²) in [5, 5.41) is 12.0. The van der Waals surface area contributed by atoms with Gasteiger partial charge in [0.05, 0.1) is 13.2 Å². The lowest BCUT2D eigenvalue weighted by atomic mass is 9.94. The summed E-state index contributed by atoms with van der Waals surface area (Å²) in [5.74, 6) is -4.65. The fourth-order valence-electron chi connectivity index (χ4n) is 6.04. The molecule has 0 saturated carbocycles. The molecule has 3 aliphatic heterocycles. The van der Waals surface area contributed by atoms with Crippen LogP contribution in [0.3, 0.4) is 0 Å². The third-order valence-corrected chi connectivity index (χ3v) is 8.45. The molecular weight excluding hydrogens is 678 g/mol. The van der Waals surface area contributed by atoms with Crippen molar-refractivity contribution in [3.05, 3.63) is 47.0 Å². The van der Waals surface area contributed by atoms with Gasteiger partial charge in [0.15, 0.2) is 30.9 Å². The molecule has 0 aromatic heterocycles. The summed E-state index contributed by atoms with van der Waals surface area (Å²) < 4.78 is 51.7. The Morgan fingerprint density at radius 2 is 1.25 bits per heavy atom. The minimum absolute atomic E-state index is 0.120. The molecule has 0 spiro atoms. The van der Waals surface area contributed by atoms with Crippen molar-refractivity contribution in [3.63, 3.8) is 0 Å². The highest BCUT2D eigenvalue weighted by Gasteiger charge is 2.58. The summed E-state index contributed by atoms with van der Waals surface area (Å²) in [6, 6.07) is 7.69. The predicted octanol–water partition coefficient (Wildman–Crippen LogP) is 0.478. The predicted molar refractivity (Wildman–Crippen MR) is 169 cm³/mol. The molecule has 0 radical (unpaired) electrons. The van der Waals surface area contributed by atoms with E-state index in [0.29, 0.717) is 0 Å². The monoisotopic (exact) mass is 721 g/mol. The Balaban J connectivity index is 1.75. The summed E-state index contributed by atoms with van der Waals surface area (Å²) >= 11 is 0. The standard InChI is InChI=1S/C34H43NO16/c1-16-17(2)32(42)35(31(16)41)25-26(40)27(23(49-33(25)43-7)14-44-13-22-11-9-8-10-12-22)51-34-30(48-21(6)39)29(47-20(5)38)28(46-19(4)37)24(50-34)15-45-18(3)36/h8-12,23-30,33-34,40H,13-15H2,1-7H3/t23-,24-,25-,26-,27-,28+,29+,30-,33-,34+/m1/s1. The van der Waals surface area contributed by atoms with Gasteiger partial charge in [-0.2, -0.15) is 0 Å². The highest BCUT2D eigenvalue weighted by atomic mass is 16.8. The van der Waals surface area contributed by atoms with E-state index < -0.39 is 104 Å². The number of benzene rings is 1. The van der Waals surface area contributed by atoms with Crippen molar-refractivity contribution >= 4 is 35.7 Å². The molecule has 2 fully saturated rings. The highest BCUT2D eigenvalue weighted by molar-refractivity contribution is 6.19. The minimum Gasteiger partial charge on any atom is -0.463 e. The van der Waals surface area contributed by atoms with Crippen LogP contribution in [-0.4, -0.2) is 127 Å². The van der Waals surface area contributed by atoms with E-state index in [9.17, 15) is 33.9 Å². The van der Waals surface area contributed by atoms with Crippen LogP contribution in [0.2, 0.25) is 0 Å². The van der Waals surface area contributed by atoms with E-state index in [2.05, 4.69) is 0 Å². The van der Waals surface area contributed by atoms with Crippen molar-refractivity contribution < 1.29 is 76.5 Å². The van der Waals surface area contributed by atoms with Gasteiger partial charge < -0.3 is 47.7 Å². The van der Waals surface area contributed by atoms with Gasteiger partial charge in [-0.05, 0) is 19.4 Å². The van der Waals surface area contributed by atoms with Crippen molar-refractivity contribution in [1.29, 1.82) is 0 Å². The quantitative estimate of drug-likeness (QED) is 0.167. The molecule has 4 rings (SSSR count). The SMILES string of the molecule is CO[C@@H]1O[C@H](COCc2ccccc2)[C@@H](O[C@@H]2O[C@H](COC(C)=O)[C@H](OC(C)=O)[C@H](OC(C)=O)[C@H]2OC(C)=O)[C@H](O)[C@H]1N1C(=O)C(C)=C(C)C1=O. The first kappa shape index (κ1) is 39.5. The maximum atomic E-state index is 13.3. The molecule has 2 saturated heterocycles. The van der Waals surface area contributed by atoms with E-state index in [0.717, 1.165) is 38.2 Å². The zero-order valence-electron chi connectivity index (χ0n) is 29.3. The van der Waals surface area contributed by atoms with Crippen LogP contribution in [0.1, 0.15) is 47.1 Å². The number of nitrogens with zero attached hydrogens (tertiary/aromatic N) is 1. The Labute approximate surface area is 293 Å². The topological polar surface area (TPSA) is 209 Å². The first-order valence-electron chi connectivity index (χ1n) is 16.1. The van der Waals surface area contributed by atoms with E-state index in [1.54, 1.807) is 0 Å². The third-order valence-electron chi connectivity index (χ3n) is 8.45. The van der Waals surface area contributed by atoms with Crippen molar-refractivity contribution in [2.24, 2.45) is 0 Å². The maximum Gasteiger partial charge on any atom is 0.303 e. The number of esters is 4. The minimum atomic E-state index is -1.74. The number of ether oxygens (including phenoxy) is 9. The van der Waals surface area contributed by atoms with E-state index in [4.69, 9.17) is 42.6 Å². The molecule has 0 aliphatic carbocycles. The van der Waals surface area contributed by atoms with Gasteiger partial charge in [0.1, 0.15) is 37.1 Å². The number of hydrogen-bond acceptors (Lipinski definition) is 16. The van der Waals surface area contributed by atoms with Crippen LogP contribution in [-0.2, 0) is 78.0 Å². The van der Waals surface area contributed by atoms with Gasteiger partial charge in [0.2, 0.25) is 0 Å². The lowest BCUT2D eigenvalue weighted by Crippen LogP contribution is -2.69. The maximum absolute atomic E-state index is 13.3. The zero-order chi connectivity index (χ0) is 37.6. The van der Waals surface area contributed by atoms with Gasteiger partial charge >= 0.3 is 23.9 Å². The third kappa shape index (κ3) is 9.35. The second-order valence-electron chi connectivity index (χ2n) is 12.2. The van der Waals surface area contributed by atoms with Crippen LogP contribution in [0, 0.1) is 0 Å². The van der Waals surface area contributed by atoms with Crippen molar-refractivity contribution in [3.8, 4) is 0 Å². The van der Waals surface area contributed by atoms with Crippen molar-refractivity contribution in [2.45, 2.75) is 109 Å². The molecule has 17 nitrogen and oxygen atoms in total. The largest absolute Gasteiger partial charge is 0.463 e. The number of carbonyl (C=O) groups excluding carboxylic acids is 6. The Morgan fingerprint density at radius 3 is 1.80 bits per heavy atom. The number of aliphatic hydroxyl groups excluding tert-OH is 1. The molecule has 17 heteroatoms. The molecule has 3 heterocycles. The molecule has 1 N–H and O–H groups in total. The number of methoxy groups -OCH3 is 1. The Bertz CT molecular complexity index is 1470. The number of imide groups is 1.